The molecule has 130 valence electrons. The van der Waals surface area contributed by atoms with E-state index in [0.717, 1.165) is 11.1 Å². The summed E-state index contributed by atoms with van der Waals surface area (Å²) in [5.74, 6) is 0.593. The summed E-state index contributed by atoms with van der Waals surface area (Å²) in [6, 6.07) is 3.87. The fourth-order valence-corrected chi connectivity index (χ4v) is 3.84. The molecule has 0 aliphatic carbocycles. The Morgan fingerprint density at radius 2 is 2.16 bits per heavy atom. The normalized spacial score (nSPS) is 15.0. The van der Waals surface area contributed by atoms with Gasteiger partial charge >= 0.3 is 0 Å². The topological polar surface area (TPSA) is 59.5 Å². The second kappa shape index (κ2) is 6.80. The molecule has 1 aromatic heterocycles. The summed E-state index contributed by atoms with van der Waals surface area (Å²) in [5.41, 5.74) is 3.84. The summed E-state index contributed by atoms with van der Waals surface area (Å²) in [5, 5.41) is 2.48. The molecule has 0 unspecified atom stereocenters. The Kier molecular flexibility index (Phi) is 4.72. The van der Waals surface area contributed by atoms with E-state index in [2.05, 4.69) is 4.98 Å². The average Bonchev–Trinajstić information content (AvgIpc) is 2.99. The van der Waals surface area contributed by atoms with Crippen LogP contribution in [-0.2, 0) is 4.79 Å². The molecule has 6 heteroatoms. The van der Waals surface area contributed by atoms with Crippen molar-refractivity contribution in [2.24, 2.45) is 0 Å². The molecule has 0 bridgehead atoms. The molecule has 0 spiro atoms. The SMILES string of the molecule is CCN(C(C)=O)c1nc(C=C2COc3c(C)cc(C)cc3C2=O)cs1. The highest BCUT2D eigenvalue weighted by atomic mass is 32.1. The highest BCUT2D eigenvalue weighted by molar-refractivity contribution is 7.14. The minimum Gasteiger partial charge on any atom is -0.488 e. The van der Waals surface area contributed by atoms with Crippen LogP contribution in [0.4, 0.5) is 5.13 Å². The number of ether oxygens (including phenoxy) is 1. The predicted molar refractivity (Wildman–Crippen MR) is 99.5 cm³/mol. The summed E-state index contributed by atoms with van der Waals surface area (Å²) in [6.45, 7) is 8.12. The van der Waals surface area contributed by atoms with Gasteiger partial charge in [-0.1, -0.05) is 6.07 Å². The molecule has 1 aliphatic rings. The van der Waals surface area contributed by atoms with E-state index >= 15 is 0 Å². The van der Waals surface area contributed by atoms with Crippen molar-refractivity contribution in [1.82, 2.24) is 4.98 Å². The van der Waals surface area contributed by atoms with Crippen molar-refractivity contribution < 1.29 is 14.3 Å². The number of aromatic nitrogens is 1. The van der Waals surface area contributed by atoms with Crippen LogP contribution < -0.4 is 9.64 Å². The molecule has 0 atom stereocenters. The Bertz CT molecular complexity index is 883. The van der Waals surface area contributed by atoms with Crippen LogP contribution in [0.25, 0.3) is 6.08 Å². The summed E-state index contributed by atoms with van der Waals surface area (Å²) in [7, 11) is 0. The van der Waals surface area contributed by atoms with Gasteiger partial charge in [-0.3, -0.25) is 14.5 Å². The molecule has 1 aromatic carbocycles. The summed E-state index contributed by atoms with van der Waals surface area (Å²) < 4.78 is 5.80. The Hall–Kier alpha value is -2.47. The van der Waals surface area contributed by atoms with E-state index in [1.165, 1.54) is 18.3 Å². The fraction of sp³-hybridized carbons (Fsp3) is 0.316. The molecule has 2 aromatic rings. The maximum Gasteiger partial charge on any atom is 0.225 e. The quantitative estimate of drug-likeness (QED) is 0.785. The number of aryl methyl sites for hydroxylation is 2. The number of amides is 1. The van der Waals surface area contributed by atoms with Crippen LogP contribution >= 0.6 is 11.3 Å². The van der Waals surface area contributed by atoms with Gasteiger partial charge in [-0.2, -0.15) is 0 Å². The van der Waals surface area contributed by atoms with E-state index in [0.29, 0.717) is 34.3 Å². The molecule has 0 N–H and O–H groups in total. The van der Waals surface area contributed by atoms with Crippen molar-refractivity contribution in [2.45, 2.75) is 27.7 Å². The number of hydrogen-bond acceptors (Lipinski definition) is 5. The number of hydrogen-bond donors (Lipinski definition) is 0. The van der Waals surface area contributed by atoms with Crippen molar-refractivity contribution in [3.8, 4) is 5.75 Å². The second-order valence-electron chi connectivity index (χ2n) is 6.06. The van der Waals surface area contributed by atoms with Crippen molar-refractivity contribution >= 4 is 34.2 Å². The molecule has 0 saturated carbocycles. The standard InChI is InChI=1S/C19H20N2O3S/c1-5-21(13(4)22)19-20-15(10-25-19)8-14-9-24-18-12(3)6-11(2)7-16(18)17(14)23/h6-8,10H,5,9H2,1-4H3. The molecule has 5 nitrogen and oxygen atoms in total. The third kappa shape index (κ3) is 3.35. The van der Waals surface area contributed by atoms with Gasteiger partial charge in [0.1, 0.15) is 12.4 Å². The van der Waals surface area contributed by atoms with Crippen molar-refractivity contribution in [3.05, 3.63) is 45.5 Å². The van der Waals surface area contributed by atoms with E-state index < -0.39 is 0 Å². The largest absolute Gasteiger partial charge is 0.488 e. The third-order valence-corrected chi connectivity index (χ3v) is 4.97. The van der Waals surface area contributed by atoms with Crippen molar-refractivity contribution in [1.29, 1.82) is 0 Å². The first kappa shape index (κ1) is 17.4. The van der Waals surface area contributed by atoms with Gasteiger partial charge in [0, 0.05) is 24.4 Å². The minimum absolute atomic E-state index is 0.0264. The number of fused-ring (bicyclic) bond motifs is 1. The first-order valence-electron chi connectivity index (χ1n) is 8.13. The van der Waals surface area contributed by atoms with E-state index in [-0.39, 0.29) is 18.3 Å². The number of ketones is 1. The van der Waals surface area contributed by atoms with Gasteiger partial charge in [-0.25, -0.2) is 4.98 Å². The molecule has 1 amide bonds. The van der Waals surface area contributed by atoms with Crippen LogP contribution in [0, 0.1) is 13.8 Å². The van der Waals surface area contributed by atoms with Gasteiger partial charge in [0.05, 0.1) is 11.3 Å². The molecule has 0 radical (unpaired) electrons. The van der Waals surface area contributed by atoms with Gasteiger partial charge in [0.25, 0.3) is 0 Å². The van der Waals surface area contributed by atoms with Gasteiger partial charge < -0.3 is 4.74 Å². The minimum atomic E-state index is -0.0481. The van der Waals surface area contributed by atoms with E-state index in [4.69, 9.17) is 4.74 Å². The van der Waals surface area contributed by atoms with Crippen LogP contribution in [0.3, 0.4) is 0 Å². The predicted octanol–water partition coefficient (Wildman–Crippen LogP) is 3.79. The van der Waals surface area contributed by atoms with Crippen LogP contribution in [0.15, 0.2) is 23.1 Å². The lowest BCUT2D eigenvalue weighted by atomic mass is 9.95. The Labute approximate surface area is 150 Å². The maximum atomic E-state index is 12.8. The number of benzene rings is 1. The molecule has 3 rings (SSSR count). The molecule has 0 saturated heterocycles. The zero-order valence-corrected chi connectivity index (χ0v) is 15.6. The first-order chi connectivity index (χ1) is 11.9. The van der Waals surface area contributed by atoms with E-state index in [1.54, 1.807) is 11.0 Å². The van der Waals surface area contributed by atoms with Gasteiger partial charge in [0.2, 0.25) is 5.91 Å². The van der Waals surface area contributed by atoms with Crippen molar-refractivity contribution in [3.63, 3.8) is 0 Å². The molecule has 1 aliphatic heterocycles. The highest BCUT2D eigenvalue weighted by Gasteiger charge is 2.25. The Morgan fingerprint density at radius 3 is 2.84 bits per heavy atom. The maximum absolute atomic E-state index is 12.8. The summed E-state index contributed by atoms with van der Waals surface area (Å²) in [6.07, 6.45) is 1.75. The lowest BCUT2D eigenvalue weighted by Gasteiger charge is -2.21. The van der Waals surface area contributed by atoms with Crippen molar-refractivity contribution in [2.75, 3.05) is 18.1 Å². The third-order valence-electron chi connectivity index (χ3n) is 4.09. The lowest BCUT2D eigenvalue weighted by molar-refractivity contribution is -0.116. The number of Topliss-reactive ketones (excluding diaryl/α,β-unsaturated/α-hetero) is 1. The molecular weight excluding hydrogens is 336 g/mol. The van der Waals surface area contributed by atoms with E-state index in [9.17, 15) is 9.59 Å². The zero-order chi connectivity index (χ0) is 18.1. The number of nitrogens with zero attached hydrogens (tertiary/aromatic N) is 2. The van der Waals surface area contributed by atoms with Gasteiger partial charge in [-0.05, 0) is 44.0 Å². The smallest absolute Gasteiger partial charge is 0.225 e. The second-order valence-corrected chi connectivity index (χ2v) is 6.90. The molecule has 2 heterocycles. The fourth-order valence-electron chi connectivity index (χ4n) is 2.95. The molecule has 25 heavy (non-hydrogen) atoms. The molecule has 0 fully saturated rings. The monoisotopic (exact) mass is 356 g/mol. The number of carbonyl (C=O) groups excluding carboxylic acids is 2. The van der Waals surface area contributed by atoms with Crippen LogP contribution in [0.2, 0.25) is 0 Å². The van der Waals surface area contributed by atoms with Gasteiger partial charge in [-0.15, -0.1) is 11.3 Å². The Morgan fingerprint density at radius 1 is 1.40 bits per heavy atom. The van der Waals surface area contributed by atoms with E-state index in [1.807, 2.05) is 38.3 Å². The van der Waals surface area contributed by atoms with Gasteiger partial charge in [0.15, 0.2) is 10.9 Å². The molecular formula is C19H20N2O3S. The number of thiazole rings is 1. The Balaban J connectivity index is 1.92. The summed E-state index contributed by atoms with van der Waals surface area (Å²) in [4.78, 5) is 30.5. The van der Waals surface area contributed by atoms with Crippen LogP contribution in [0.1, 0.15) is 41.0 Å². The highest BCUT2D eigenvalue weighted by Crippen LogP contribution is 2.32. The number of carbonyl (C=O) groups is 2. The number of rotatable bonds is 3. The van der Waals surface area contributed by atoms with Crippen LogP contribution in [0.5, 0.6) is 5.75 Å². The zero-order valence-electron chi connectivity index (χ0n) is 14.8. The number of anilines is 1. The summed E-state index contributed by atoms with van der Waals surface area (Å²) >= 11 is 1.39. The average molecular weight is 356 g/mol. The van der Waals surface area contributed by atoms with Crippen LogP contribution in [-0.4, -0.2) is 29.8 Å². The lowest BCUT2D eigenvalue weighted by Crippen LogP contribution is -2.27. The first-order valence-corrected chi connectivity index (χ1v) is 9.01.